The molecular formula is C28H27NO5. The molecule has 1 saturated heterocycles. The van der Waals surface area contributed by atoms with E-state index in [-0.39, 0.29) is 11.3 Å². The maximum absolute atomic E-state index is 13.3. The van der Waals surface area contributed by atoms with Gasteiger partial charge in [-0.25, -0.2) is 0 Å². The van der Waals surface area contributed by atoms with Crippen molar-refractivity contribution in [3.63, 3.8) is 0 Å². The van der Waals surface area contributed by atoms with Crippen molar-refractivity contribution >= 4 is 23.1 Å². The van der Waals surface area contributed by atoms with Crippen LogP contribution in [-0.2, 0) is 9.59 Å². The first-order valence-corrected chi connectivity index (χ1v) is 11.1. The molecule has 0 spiro atoms. The number of aliphatic hydroxyl groups is 1. The first-order chi connectivity index (χ1) is 16.3. The number of amides is 1. The van der Waals surface area contributed by atoms with Crippen LogP contribution in [0.25, 0.3) is 5.76 Å². The summed E-state index contributed by atoms with van der Waals surface area (Å²) in [4.78, 5) is 28.0. The van der Waals surface area contributed by atoms with Crippen molar-refractivity contribution in [1.82, 2.24) is 0 Å². The highest BCUT2D eigenvalue weighted by Crippen LogP contribution is 2.44. The standard InChI is InChI=1S/C28H27NO5/c1-5-34-22-14-13-20(16-23(22)33-4)25-24(26(30)19-11-9-17(2)10-12-19)27(31)28(32)29(25)21-8-6-7-18(3)15-21/h6-16,25,30H,5H2,1-4H3/b26-24-. The van der Waals surface area contributed by atoms with E-state index in [1.54, 1.807) is 36.4 Å². The zero-order chi connectivity index (χ0) is 24.4. The van der Waals surface area contributed by atoms with Gasteiger partial charge in [0.05, 0.1) is 25.3 Å². The van der Waals surface area contributed by atoms with Crippen LogP contribution in [0.5, 0.6) is 11.5 Å². The molecule has 6 nitrogen and oxygen atoms in total. The van der Waals surface area contributed by atoms with Gasteiger partial charge in [-0.05, 0) is 56.2 Å². The highest BCUT2D eigenvalue weighted by molar-refractivity contribution is 6.51. The molecule has 1 fully saturated rings. The number of carbonyl (C=O) groups is 2. The molecule has 3 aromatic rings. The van der Waals surface area contributed by atoms with Gasteiger partial charge in [-0.3, -0.25) is 14.5 Å². The average Bonchev–Trinajstić information content (AvgIpc) is 3.10. The summed E-state index contributed by atoms with van der Waals surface area (Å²) in [5.41, 5.74) is 3.65. The van der Waals surface area contributed by atoms with Crippen LogP contribution >= 0.6 is 0 Å². The highest BCUT2D eigenvalue weighted by Gasteiger charge is 2.47. The van der Waals surface area contributed by atoms with Crippen LogP contribution in [0.15, 0.2) is 72.3 Å². The molecule has 0 radical (unpaired) electrons. The predicted molar refractivity (Wildman–Crippen MR) is 131 cm³/mol. The van der Waals surface area contributed by atoms with Gasteiger partial charge in [-0.2, -0.15) is 0 Å². The number of rotatable bonds is 6. The molecule has 0 bridgehead atoms. The van der Waals surface area contributed by atoms with Crippen LogP contribution in [0.2, 0.25) is 0 Å². The van der Waals surface area contributed by atoms with Crippen molar-refractivity contribution in [2.24, 2.45) is 0 Å². The number of aryl methyl sites for hydroxylation is 2. The fourth-order valence-electron chi connectivity index (χ4n) is 4.19. The van der Waals surface area contributed by atoms with Gasteiger partial charge < -0.3 is 14.6 Å². The molecule has 1 heterocycles. The van der Waals surface area contributed by atoms with Crippen molar-refractivity contribution in [2.75, 3.05) is 18.6 Å². The number of anilines is 1. The number of ketones is 1. The number of aliphatic hydroxyl groups excluding tert-OH is 1. The van der Waals surface area contributed by atoms with Crippen LogP contribution in [0.3, 0.4) is 0 Å². The zero-order valence-electron chi connectivity index (χ0n) is 19.7. The van der Waals surface area contributed by atoms with Crippen LogP contribution < -0.4 is 14.4 Å². The van der Waals surface area contributed by atoms with E-state index in [1.807, 2.05) is 51.1 Å². The molecule has 1 aliphatic rings. The number of nitrogens with zero attached hydrogens (tertiary/aromatic N) is 1. The third-order valence-corrected chi connectivity index (χ3v) is 5.85. The summed E-state index contributed by atoms with van der Waals surface area (Å²) in [5.74, 6) is -0.620. The third-order valence-electron chi connectivity index (χ3n) is 5.85. The lowest BCUT2D eigenvalue weighted by Gasteiger charge is -2.26. The largest absolute Gasteiger partial charge is 0.507 e. The summed E-state index contributed by atoms with van der Waals surface area (Å²) in [6.07, 6.45) is 0. The Labute approximate surface area is 199 Å². The maximum atomic E-state index is 13.3. The number of carbonyl (C=O) groups excluding carboxylic acids is 2. The Morgan fingerprint density at radius 2 is 1.68 bits per heavy atom. The topological polar surface area (TPSA) is 76.1 Å². The summed E-state index contributed by atoms with van der Waals surface area (Å²) in [7, 11) is 1.53. The lowest BCUT2D eigenvalue weighted by atomic mass is 9.94. The Morgan fingerprint density at radius 3 is 2.32 bits per heavy atom. The predicted octanol–water partition coefficient (Wildman–Crippen LogP) is 5.34. The SMILES string of the molecule is CCOc1ccc(C2/C(=C(/O)c3ccc(C)cc3)C(=O)C(=O)N2c2cccc(C)c2)cc1OC. The minimum absolute atomic E-state index is 0.0292. The number of methoxy groups -OCH3 is 1. The van der Waals surface area contributed by atoms with E-state index in [0.717, 1.165) is 11.1 Å². The Kier molecular flexibility index (Phi) is 6.41. The Balaban J connectivity index is 1.95. The molecule has 1 unspecified atom stereocenters. The van der Waals surface area contributed by atoms with Crippen molar-refractivity contribution in [3.8, 4) is 11.5 Å². The molecule has 4 rings (SSSR count). The Hall–Kier alpha value is -4.06. The molecule has 6 heteroatoms. The van der Waals surface area contributed by atoms with Gasteiger partial charge in [0.25, 0.3) is 11.7 Å². The third kappa shape index (κ3) is 4.15. The van der Waals surface area contributed by atoms with Crippen LogP contribution in [0.1, 0.15) is 35.2 Å². The molecule has 1 aliphatic heterocycles. The van der Waals surface area contributed by atoms with Gasteiger partial charge >= 0.3 is 0 Å². The summed E-state index contributed by atoms with van der Waals surface area (Å²) in [6.45, 7) is 6.19. The summed E-state index contributed by atoms with van der Waals surface area (Å²) < 4.78 is 11.1. The van der Waals surface area contributed by atoms with E-state index in [9.17, 15) is 14.7 Å². The monoisotopic (exact) mass is 457 g/mol. The summed E-state index contributed by atoms with van der Waals surface area (Å²) in [6, 6.07) is 19.0. The Morgan fingerprint density at radius 1 is 0.941 bits per heavy atom. The van der Waals surface area contributed by atoms with E-state index in [1.165, 1.54) is 12.0 Å². The molecular weight excluding hydrogens is 430 g/mol. The molecule has 34 heavy (non-hydrogen) atoms. The molecule has 0 aromatic heterocycles. The molecule has 3 aromatic carbocycles. The quantitative estimate of drug-likeness (QED) is 0.307. The molecule has 1 N–H and O–H groups in total. The van der Waals surface area contributed by atoms with Crippen molar-refractivity contribution < 1.29 is 24.2 Å². The van der Waals surface area contributed by atoms with Crippen molar-refractivity contribution in [3.05, 3.63) is 94.6 Å². The molecule has 174 valence electrons. The second-order valence-electron chi connectivity index (χ2n) is 8.22. The number of hydrogen-bond acceptors (Lipinski definition) is 5. The maximum Gasteiger partial charge on any atom is 0.300 e. The molecule has 1 atom stereocenters. The lowest BCUT2D eigenvalue weighted by molar-refractivity contribution is -0.132. The van der Waals surface area contributed by atoms with Gasteiger partial charge in [0.15, 0.2) is 11.5 Å². The van der Waals surface area contributed by atoms with E-state index < -0.39 is 17.7 Å². The average molecular weight is 458 g/mol. The van der Waals surface area contributed by atoms with Gasteiger partial charge in [0.1, 0.15) is 5.76 Å². The number of benzene rings is 3. The number of ether oxygens (including phenoxy) is 2. The number of Topliss-reactive ketones (excluding diaryl/α,β-unsaturated/α-hetero) is 1. The van der Waals surface area contributed by atoms with Crippen molar-refractivity contribution in [2.45, 2.75) is 26.8 Å². The zero-order valence-corrected chi connectivity index (χ0v) is 19.7. The van der Waals surface area contributed by atoms with Crippen LogP contribution in [0.4, 0.5) is 5.69 Å². The number of hydrogen-bond donors (Lipinski definition) is 1. The second kappa shape index (κ2) is 9.43. The van der Waals surface area contributed by atoms with Gasteiger partial charge in [-0.15, -0.1) is 0 Å². The van der Waals surface area contributed by atoms with E-state index in [0.29, 0.717) is 34.9 Å². The fourth-order valence-corrected chi connectivity index (χ4v) is 4.19. The first kappa shape index (κ1) is 23.1. The van der Waals surface area contributed by atoms with Gasteiger partial charge in [0, 0.05) is 11.3 Å². The summed E-state index contributed by atoms with van der Waals surface area (Å²) in [5, 5.41) is 11.2. The second-order valence-corrected chi connectivity index (χ2v) is 8.22. The van der Waals surface area contributed by atoms with Gasteiger partial charge in [0.2, 0.25) is 0 Å². The van der Waals surface area contributed by atoms with Crippen molar-refractivity contribution in [1.29, 1.82) is 0 Å². The van der Waals surface area contributed by atoms with E-state index in [4.69, 9.17) is 9.47 Å². The van der Waals surface area contributed by atoms with E-state index in [2.05, 4.69) is 0 Å². The minimum atomic E-state index is -0.840. The first-order valence-electron chi connectivity index (χ1n) is 11.1. The lowest BCUT2D eigenvalue weighted by Crippen LogP contribution is -2.29. The smallest absolute Gasteiger partial charge is 0.300 e. The molecule has 1 amide bonds. The Bertz CT molecular complexity index is 1280. The summed E-state index contributed by atoms with van der Waals surface area (Å²) >= 11 is 0. The van der Waals surface area contributed by atoms with E-state index >= 15 is 0 Å². The fraction of sp³-hybridized carbons (Fsp3) is 0.214. The molecule has 0 aliphatic carbocycles. The van der Waals surface area contributed by atoms with Crippen LogP contribution in [-0.4, -0.2) is 30.5 Å². The minimum Gasteiger partial charge on any atom is -0.507 e. The highest BCUT2D eigenvalue weighted by atomic mass is 16.5. The normalized spacial score (nSPS) is 17.2. The molecule has 0 saturated carbocycles. The van der Waals surface area contributed by atoms with Gasteiger partial charge in [-0.1, -0.05) is 48.0 Å². The van der Waals surface area contributed by atoms with Crippen LogP contribution in [0, 0.1) is 13.8 Å².